The minimum absolute atomic E-state index is 0.0489. The Morgan fingerprint density at radius 2 is 2.21 bits per heavy atom. The maximum absolute atomic E-state index is 12.6. The van der Waals surface area contributed by atoms with Gasteiger partial charge in [0.25, 0.3) is 0 Å². The first-order chi connectivity index (χ1) is 6.50. The van der Waals surface area contributed by atoms with E-state index in [0.717, 1.165) is 18.2 Å². The monoisotopic (exact) mass is 217 g/mol. The minimum atomic E-state index is -2.63. The maximum Gasteiger partial charge on any atom is 0.316 e. The number of primary amides is 1. The van der Waals surface area contributed by atoms with Gasteiger partial charge in [0.05, 0.1) is 10.6 Å². The summed E-state index contributed by atoms with van der Waals surface area (Å²) in [7, 11) is 0. The Balaban J connectivity index is 3.14. The summed E-state index contributed by atoms with van der Waals surface area (Å²) < 4.78 is 33.8. The molecule has 0 aliphatic heterocycles. The molecule has 5 nitrogen and oxygen atoms in total. The van der Waals surface area contributed by atoms with Crippen molar-refractivity contribution in [1.82, 2.24) is 0 Å². The van der Waals surface area contributed by atoms with E-state index in [2.05, 4.69) is 5.32 Å². The summed E-state index contributed by atoms with van der Waals surface area (Å²) in [5.41, 5.74) is 4.74. The molecule has 0 saturated carbocycles. The highest BCUT2D eigenvalue weighted by Crippen LogP contribution is 2.19. The van der Waals surface area contributed by atoms with Gasteiger partial charge in [0, 0.05) is 0 Å². The van der Waals surface area contributed by atoms with Crippen molar-refractivity contribution in [3.63, 3.8) is 0 Å². The predicted molar refractivity (Wildman–Crippen MR) is 46.8 cm³/mol. The van der Waals surface area contributed by atoms with Gasteiger partial charge in [0.2, 0.25) is 0 Å². The Morgan fingerprint density at radius 1 is 1.57 bits per heavy atom. The average molecular weight is 217 g/mol. The van der Waals surface area contributed by atoms with Crippen molar-refractivity contribution in [2.45, 2.75) is 4.90 Å². The first-order valence-electron chi connectivity index (χ1n) is 3.46. The Labute approximate surface area is 81.4 Å². The van der Waals surface area contributed by atoms with Crippen LogP contribution in [-0.2, 0) is 11.1 Å². The van der Waals surface area contributed by atoms with Gasteiger partial charge in [0.15, 0.2) is 0 Å². The van der Waals surface area contributed by atoms with Crippen LogP contribution >= 0.6 is 0 Å². The fraction of sp³-hybridized carbons (Fsp3) is 0. The number of hydrogen-bond donors (Lipinski definition) is 2. The number of benzene rings is 1. The number of anilines is 1. The highest BCUT2D eigenvalue weighted by Gasteiger charge is 2.06. The number of carbonyl (C=O) groups excluding carboxylic acids is 1. The van der Waals surface area contributed by atoms with Gasteiger partial charge in [-0.05, 0) is 29.3 Å². The molecule has 7 heteroatoms. The van der Waals surface area contributed by atoms with E-state index in [1.165, 1.54) is 0 Å². The summed E-state index contributed by atoms with van der Waals surface area (Å²) in [6, 6.07) is 2.00. The van der Waals surface area contributed by atoms with Crippen LogP contribution in [0.2, 0.25) is 0 Å². The maximum atomic E-state index is 12.6. The fourth-order valence-corrected chi connectivity index (χ4v) is 1.38. The highest BCUT2D eigenvalue weighted by molar-refractivity contribution is 7.79. The van der Waals surface area contributed by atoms with Crippen LogP contribution in [0.4, 0.5) is 14.9 Å². The van der Waals surface area contributed by atoms with Crippen LogP contribution in [0.15, 0.2) is 23.1 Å². The molecule has 3 N–H and O–H groups in total. The van der Waals surface area contributed by atoms with Crippen LogP contribution < -0.4 is 11.1 Å². The first kappa shape index (κ1) is 10.6. The first-order valence-corrected chi connectivity index (χ1v) is 4.53. The summed E-state index contributed by atoms with van der Waals surface area (Å²) in [4.78, 5) is 10.1. The van der Waals surface area contributed by atoms with E-state index in [1.807, 2.05) is 0 Å². The van der Waals surface area contributed by atoms with E-state index in [4.69, 9.17) is 5.73 Å². The van der Waals surface area contributed by atoms with Gasteiger partial charge >= 0.3 is 6.03 Å². The van der Waals surface area contributed by atoms with Gasteiger partial charge in [-0.3, -0.25) is 4.21 Å². The van der Waals surface area contributed by atoms with Gasteiger partial charge in [-0.15, -0.1) is 0 Å². The smallest absolute Gasteiger partial charge is 0.316 e. The van der Waals surface area contributed by atoms with Crippen molar-refractivity contribution >= 4 is 22.8 Å². The molecule has 1 aromatic rings. The van der Waals surface area contributed by atoms with Crippen LogP contribution in [0.25, 0.3) is 0 Å². The molecule has 1 rings (SSSR count). The third-order valence-electron chi connectivity index (χ3n) is 1.38. The summed E-state index contributed by atoms with van der Waals surface area (Å²) in [6.07, 6.45) is 0. The lowest BCUT2D eigenvalue weighted by molar-refractivity contribution is 0.259. The van der Waals surface area contributed by atoms with Crippen molar-refractivity contribution in [1.29, 1.82) is 0 Å². The second kappa shape index (κ2) is 4.16. The fourth-order valence-electron chi connectivity index (χ4n) is 0.870. The molecule has 0 bridgehead atoms. The summed E-state index contributed by atoms with van der Waals surface area (Å²) in [5, 5.41) is 2.06. The lowest BCUT2D eigenvalue weighted by Gasteiger charge is -2.11. The van der Waals surface area contributed by atoms with Crippen molar-refractivity contribution in [2.75, 3.05) is 5.32 Å². The standard InChI is InChI=1S/C7H7FN2O3S/c8-4-1-2-5(10-7(9)11)6(3-4)14(12)13/h1-3H,(H,12,13)(H3,9,10,11)/p-1. The Hall–Kier alpha value is -1.47. The average Bonchev–Trinajstić information content (AvgIpc) is 2.07. The van der Waals surface area contributed by atoms with Crippen molar-refractivity contribution < 1.29 is 17.9 Å². The van der Waals surface area contributed by atoms with E-state index in [1.54, 1.807) is 0 Å². The van der Waals surface area contributed by atoms with Crippen molar-refractivity contribution in [2.24, 2.45) is 5.73 Å². The molecule has 0 fully saturated rings. The third kappa shape index (κ3) is 2.51. The lowest BCUT2D eigenvalue weighted by Crippen LogP contribution is -2.20. The largest absolute Gasteiger partial charge is 0.768 e. The van der Waals surface area contributed by atoms with Crippen molar-refractivity contribution in [3.05, 3.63) is 24.0 Å². The number of nitrogens with one attached hydrogen (secondary N) is 1. The number of hydrogen-bond acceptors (Lipinski definition) is 3. The SMILES string of the molecule is NC(=O)Nc1ccc(F)cc1S(=O)[O-]. The zero-order valence-electron chi connectivity index (χ0n) is 6.82. The van der Waals surface area contributed by atoms with Gasteiger partial charge in [-0.1, -0.05) is 0 Å². The van der Waals surface area contributed by atoms with E-state index in [9.17, 15) is 17.9 Å². The van der Waals surface area contributed by atoms with Gasteiger partial charge < -0.3 is 15.6 Å². The molecule has 76 valence electrons. The van der Waals surface area contributed by atoms with E-state index in [-0.39, 0.29) is 10.6 Å². The van der Waals surface area contributed by atoms with E-state index < -0.39 is 22.9 Å². The molecule has 14 heavy (non-hydrogen) atoms. The molecule has 0 saturated heterocycles. The zero-order chi connectivity index (χ0) is 10.7. The molecular weight excluding hydrogens is 211 g/mol. The quantitative estimate of drug-likeness (QED) is 0.708. The Morgan fingerprint density at radius 3 is 2.71 bits per heavy atom. The number of rotatable bonds is 2. The van der Waals surface area contributed by atoms with Gasteiger partial charge in [-0.2, -0.15) is 0 Å². The molecule has 1 unspecified atom stereocenters. The molecule has 1 aromatic carbocycles. The van der Waals surface area contributed by atoms with Crippen LogP contribution in [-0.4, -0.2) is 14.8 Å². The highest BCUT2D eigenvalue weighted by atomic mass is 32.2. The molecule has 0 aliphatic rings. The van der Waals surface area contributed by atoms with Crippen LogP contribution in [0.1, 0.15) is 0 Å². The topological polar surface area (TPSA) is 95.2 Å². The number of urea groups is 1. The predicted octanol–water partition coefficient (Wildman–Crippen LogP) is 0.554. The van der Waals surface area contributed by atoms with Gasteiger partial charge in [0.1, 0.15) is 5.82 Å². The molecular formula is C7H6FN2O3S-. The summed E-state index contributed by atoms with van der Waals surface area (Å²) in [5.74, 6) is -0.709. The normalized spacial score (nSPS) is 12.1. The Bertz CT molecular complexity index is 397. The molecule has 0 heterocycles. The molecule has 0 aliphatic carbocycles. The summed E-state index contributed by atoms with van der Waals surface area (Å²) in [6.45, 7) is 0. The number of carbonyl (C=O) groups is 1. The van der Waals surface area contributed by atoms with Crippen LogP contribution in [0.5, 0.6) is 0 Å². The van der Waals surface area contributed by atoms with E-state index in [0.29, 0.717) is 0 Å². The number of amides is 2. The Kier molecular flexibility index (Phi) is 3.15. The number of nitrogens with two attached hydrogens (primary N) is 1. The third-order valence-corrected chi connectivity index (χ3v) is 2.08. The number of halogens is 1. The van der Waals surface area contributed by atoms with Crippen LogP contribution in [0.3, 0.4) is 0 Å². The second-order valence-corrected chi connectivity index (χ2v) is 3.27. The molecule has 1 atom stereocenters. The van der Waals surface area contributed by atoms with Crippen molar-refractivity contribution in [3.8, 4) is 0 Å². The zero-order valence-corrected chi connectivity index (χ0v) is 7.64. The van der Waals surface area contributed by atoms with Gasteiger partial charge in [-0.25, -0.2) is 9.18 Å². The second-order valence-electron chi connectivity index (χ2n) is 2.36. The minimum Gasteiger partial charge on any atom is -0.768 e. The van der Waals surface area contributed by atoms with E-state index >= 15 is 0 Å². The summed E-state index contributed by atoms with van der Waals surface area (Å²) >= 11 is -2.63. The molecule has 0 radical (unpaired) electrons. The lowest BCUT2D eigenvalue weighted by atomic mass is 10.3. The molecule has 0 spiro atoms. The molecule has 2 amide bonds. The van der Waals surface area contributed by atoms with Crippen LogP contribution in [0, 0.1) is 5.82 Å². The molecule has 0 aromatic heterocycles.